The summed E-state index contributed by atoms with van der Waals surface area (Å²) in [6.07, 6.45) is 3.12. The highest BCUT2D eigenvalue weighted by molar-refractivity contribution is 6.46. The van der Waals surface area contributed by atoms with E-state index in [2.05, 4.69) is 4.98 Å². The zero-order valence-corrected chi connectivity index (χ0v) is 16.1. The molecule has 146 valence electrons. The van der Waals surface area contributed by atoms with Crippen LogP contribution in [-0.4, -0.2) is 54.1 Å². The number of hydrogen-bond donors (Lipinski definition) is 1. The van der Waals surface area contributed by atoms with Crippen LogP contribution in [0, 0.1) is 0 Å². The van der Waals surface area contributed by atoms with Crippen LogP contribution < -0.4 is 4.74 Å². The van der Waals surface area contributed by atoms with E-state index in [4.69, 9.17) is 21.1 Å². The number of pyridine rings is 1. The van der Waals surface area contributed by atoms with Gasteiger partial charge in [0, 0.05) is 31.1 Å². The van der Waals surface area contributed by atoms with Crippen molar-refractivity contribution in [3.63, 3.8) is 0 Å². The topological polar surface area (TPSA) is 89.0 Å². The molecule has 1 N–H and O–H groups in total. The van der Waals surface area contributed by atoms with Crippen LogP contribution in [-0.2, 0) is 14.3 Å². The Hall–Kier alpha value is -2.90. The predicted molar refractivity (Wildman–Crippen MR) is 103 cm³/mol. The second-order valence-electron chi connectivity index (χ2n) is 6.11. The summed E-state index contributed by atoms with van der Waals surface area (Å²) in [7, 11) is 2.95. The monoisotopic (exact) mass is 402 g/mol. The minimum Gasteiger partial charge on any atom is -0.507 e. The Kier molecular flexibility index (Phi) is 5.96. The molecule has 3 rings (SSSR count). The van der Waals surface area contributed by atoms with E-state index >= 15 is 0 Å². The van der Waals surface area contributed by atoms with Gasteiger partial charge in [0.25, 0.3) is 11.7 Å². The molecular weight excluding hydrogens is 384 g/mol. The molecule has 1 aliphatic rings. The standard InChI is InChI=1S/C20H19ClN2O5/c1-27-10-9-23-17(12-5-7-22-8-6-12)16(19(25)20(23)26)18(24)14-11-13(21)3-4-15(14)28-2/h3-8,11,17,24H,9-10H2,1-2H3/b18-16+. The van der Waals surface area contributed by atoms with Gasteiger partial charge in [0.05, 0.1) is 30.9 Å². The molecule has 0 bridgehead atoms. The van der Waals surface area contributed by atoms with Gasteiger partial charge in [-0.15, -0.1) is 0 Å². The second kappa shape index (κ2) is 8.41. The molecule has 0 spiro atoms. The van der Waals surface area contributed by atoms with Crippen LogP contribution in [0.25, 0.3) is 5.76 Å². The fourth-order valence-corrected chi connectivity index (χ4v) is 3.38. The second-order valence-corrected chi connectivity index (χ2v) is 6.55. The molecule has 0 saturated carbocycles. The lowest BCUT2D eigenvalue weighted by Crippen LogP contribution is -2.32. The molecule has 1 fully saturated rings. The first-order valence-corrected chi connectivity index (χ1v) is 8.88. The van der Waals surface area contributed by atoms with Gasteiger partial charge in [-0.2, -0.15) is 0 Å². The van der Waals surface area contributed by atoms with E-state index in [0.29, 0.717) is 16.3 Å². The summed E-state index contributed by atoms with van der Waals surface area (Å²) in [5.74, 6) is -1.50. The number of hydrogen-bond acceptors (Lipinski definition) is 6. The third kappa shape index (κ3) is 3.58. The van der Waals surface area contributed by atoms with E-state index in [9.17, 15) is 14.7 Å². The van der Waals surface area contributed by atoms with Gasteiger partial charge in [-0.1, -0.05) is 11.6 Å². The largest absolute Gasteiger partial charge is 0.507 e. The summed E-state index contributed by atoms with van der Waals surface area (Å²) in [4.78, 5) is 30.8. The van der Waals surface area contributed by atoms with E-state index in [1.165, 1.54) is 25.2 Å². The molecule has 28 heavy (non-hydrogen) atoms. The number of ketones is 1. The lowest BCUT2D eigenvalue weighted by Gasteiger charge is -2.25. The molecule has 2 aromatic rings. The van der Waals surface area contributed by atoms with Crippen molar-refractivity contribution in [1.82, 2.24) is 9.88 Å². The molecule has 0 radical (unpaired) electrons. The number of nitrogens with zero attached hydrogens (tertiary/aromatic N) is 2. The molecule has 7 nitrogen and oxygen atoms in total. The normalized spacial score (nSPS) is 18.5. The van der Waals surface area contributed by atoms with Crippen molar-refractivity contribution in [3.05, 3.63) is 64.4 Å². The summed E-state index contributed by atoms with van der Waals surface area (Å²) >= 11 is 6.06. The predicted octanol–water partition coefficient (Wildman–Crippen LogP) is 2.81. The zero-order chi connectivity index (χ0) is 20.3. The number of aliphatic hydroxyl groups is 1. The first-order valence-electron chi connectivity index (χ1n) is 8.50. The molecule has 2 heterocycles. The molecule has 1 aliphatic heterocycles. The van der Waals surface area contributed by atoms with Crippen molar-refractivity contribution in [2.75, 3.05) is 27.4 Å². The van der Waals surface area contributed by atoms with Gasteiger partial charge in [-0.25, -0.2) is 0 Å². The van der Waals surface area contributed by atoms with Gasteiger partial charge in [0.2, 0.25) is 0 Å². The number of Topliss-reactive ketones (excluding diaryl/α,β-unsaturated/α-hetero) is 1. The molecule has 1 saturated heterocycles. The molecule has 1 aromatic heterocycles. The van der Waals surface area contributed by atoms with Crippen LogP contribution in [0.5, 0.6) is 5.75 Å². The first kappa shape index (κ1) is 19.9. The van der Waals surface area contributed by atoms with Crippen molar-refractivity contribution in [3.8, 4) is 5.75 Å². The van der Waals surface area contributed by atoms with Gasteiger partial charge < -0.3 is 19.5 Å². The minimum absolute atomic E-state index is 0.0344. The Morgan fingerprint density at radius 2 is 1.93 bits per heavy atom. The fourth-order valence-electron chi connectivity index (χ4n) is 3.20. The number of amides is 1. The SMILES string of the molecule is COCCN1C(=O)C(=O)/C(=C(/O)c2cc(Cl)ccc2OC)C1c1ccncc1. The molecule has 1 atom stereocenters. The number of rotatable bonds is 6. The number of halogens is 1. The molecular formula is C20H19ClN2O5. The first-order chi connectivity index (χ1) is 13.5. The molecule has 0 aliphatic carbocycles. The van der Waals surface area contributed by atoms with Gasteiger partial charge in [-0.05, 0) is 35.9 Å². The summed E-state index contributed by atoms with van der Waals surface area (Å²) < 4.78 is 10.4. The van der Waals surface area contributed by atoms with E-state index < -0.39 is 17.7 Å². The highest BCUT2D eigenvalue weighted by Gasteiger charge is 2.46. The molecule has 1 unspecified atom stereocenters. The Balaban J connectivity index is 2.21. The summed E-state index contributed by atoms with van der Waals surface area (Å²) in [5.41, 5.74) is 0.847. The van der Waals surface area contributed by atoms with E-state index in [1.54, 1.807) is 36.7 Å². The summed E-state index contributed by atoms with van der Waals surface area (Å²) in [6.45, 7) is 0.437. The number of aliphatic hydroxyl groups excluding tert-OH is 1. The maximum Gasteiger partial charge on any atom is 0.295 e. The Morgan fingerprint density at radius 3 is 2.57 bits per heavy atom. The number of methoxy groups -OCH3 is 2. The van der Waals surface area contributed by atoms with E-state index in [0.717, 1.165) is 0 Å². The number of carbonyl (C=O) groups excluding carboxylic acids is 2. The number of likely N-dealkylation sites (tertiary alicyclic amines) is 1. The Bertz CT molecular complexity index is 929. The van der Waals surface area contributed by atoms with Crippen LogP contribution >= 0.6 is 11.6 Å². The van der Waals surface area contributed by atoms with Crippen molar-refractivity contribution in [1.29, 1.82) is 0 Å². The lowest BCUT2D eigenvalue weighted by molar-refractivity contribution is -0.140. The van der Waals surface area contributed by atoms with Gasteiger partial charge >= 0.3 is 0 Å². The molecule has 1 amide bonds. The van der Waals surface area contributed by atoms with Crippen molar-refractivity contribution < 1.29 is 24.2 Å². The maximum atomic E-state index is 12.8. The number of benzene rings is 1. The highest BCUT2D eigenvalue weighted by atomic mass is 35.5. The summed E-state index contributed by atoms with van der Waals surface area (Å²) in [6, 6.07) is 7.29. The van der Waals surface area contributed by atoms with E-state index in [1.807, 2.05) is 0 Å². The van der Waals surface area contributed by atoms with Crippen LogP contribution in [0.4, 0.5) is 0 Å². The van der Waals surface area contributed by atoms with Crippen LogP contribution in [0.2, 0.25) is 5.02 Å². The average Bonchev–Trinajstić information content (AvgIpc) is 2.97. The number of aromatic nitrogens is 1. The smallest absolute Gasteiger partial charge is 0.295 e. The van der Waals surface area contributed by atoms with Crippen LogP contribution in [0.15, 0.2) is 48.3 Å². The van der Waals surface area contributed by atoms with Gasteiger partial charge in [0.1, 0.15) is 11.5 Å². The quantitative estimate of drug-likeness (QED) is 0.454. The van der Waals surface area contributed by atoms with E-state index in [-0.39, 0.29) is 30.0 Å². The third-order valence-electron chi connectivity index (χ3n) is 4.51. The Labute approximate surface area is 167 Å². The van der Waals surface area contributed by atoms with Crippen molar-refractivity contribution in [2.45, 2.75) is 6.04 Å². The number of carbonyl (C=O) groups is 2. The van der Waals surface area contributed by atoms with Crippen LogP contribution in [0.1, 0.15) is 17.2 Å². The average molecular weight is 403 g/mol. The highest BCUT2D eigenvalue weighted by Crippen LogP contribution is 2.41. The third-order valence-corrected chi connectivity index (χ3v) is 4.75. The molecule has 1 aromatic carbocycles. The minimum atomic E-state index is -0.780. The fraction of sp³-hybridized carbons (Fsp3) is 0.250. The van der Waals surface area contributed by atoms with Crippen molar-refractivity contribution >= 4 is 29.1 Å². The zero-order valence-electron chi connectivity index (χ0n) is 15.4. The van der Waals surface area contributed by atoms with Gasteiger partial charge in [-0.3, -0.25) is 14.6 Å². The Morgan fingerprint density at radius 1 is 1.21 bits per heavy atom. The van der Waals surface area contributed by atoms with Gasteiger partial charge in [0.15, 0.2) is 0 Å². The lowest BCUT2D eigenvalue weighted by atomic mass is 9.95. The maximum absolute atomic E-state index is 12.8. The summed E-state index contributed by atoms with van der Waals surface area (Å²) in [5, 5.41) is 11.4. The van der Waals surface area contributed by atoms with Crippen molar-refractivity contribution in [2.24, 2.45) is 0 Å². The van der Waals surface area contributed by atoms with Crippen LogP contribution in [0.3, 0.4) is 0 Å². The molecule has 8 heteroatoms. The number of ether oxygens (including phenoxy) is 2.